The molecule has 1 N–H and O–H groups in total. The number of hydrogen-bond acceptors (Lipinski definition) is 2. The monoisotopic (exact) mass is 218 g/mol. The summed E-state index contributed by atoms with van der Waals surface area (Å²) in [6.07, 6.45) is 1.21. The molecule has 1 aliphatic carbocycles. The molecule has 1 amide bonds. The minimum absolute atomic E-state index is 0.0116. The molecule has 1 saturated heterocycles. The summed E-state index contributed by atoms with van der Waals surface area (Å²) in [5, 5.41) is 2.69. The van der Waals surface area contributed by atoms with Crippen molar-refractivity contribution in [3.8, 4) is 0 Å². The third-order valence-electron chi connectivity index (χ3n) is 3.26. The molecule has 15 heavy (non-hydrogen) atoms. The van der Waals surface area contributed by atoms with E-state index in [-0.39, 0.29) is 18.9 Å². The molecule has 3 nitrogen and oxygen atoms in total. The van der Waals surface area contributed by atoms with E-state index >= 15 is 0 Å². The van der Waals surface area contributed by atoms with Gasteiger partial charge in [0.05, 0.1) is 6.54 Å². The number of piperazine rings is 1. The van der Waals surface area contributed by atoms with E-state index in [1.165, 1.54) is 0 Å². The van der Waals surface area contributed by atoms with Gasteiger partial charge < -0.3 is 5.32 Å². The Labute approximate surface area is 87.8 Å². The summed E-state index contributed by atoms with van der Waals surface area (Å²) in [6, 6.07) is 0. The van der Waals surface area contributed by atoms with Crippen LogP contribution in [0, 0.1) is 5.92 Å². The summed E-state index contributed by atoms with van der Waals surface area (Å²) in [7, 11) is 0. The number of alkyl halides is 2. The minimum atomic E-state index is -2.52. The first-order valence-corrected chi connectivity index (χ1v) is 5.45. The molecule has 0 unspecified atom stereocenters. The molecule has 86 valence electrons. The van der Waals surface area contributed by atoms with Crippen molar-refractivity contribution < 1.29 is 13.6 Å². The van der Waals surface area contributed by atoms with Gasteiger partial charge in [0, 0.05) is 32.0 Å². The van der Waals surface area contributed by atoms with Crippen LogP contribution in [-0.4, -0.2) is 42.9 Å². The largest absolute Gasteiger partial charge is 0.354 e. The Morgan fingerprint density at radius 3 is 2.93 bits per heavy atom. The van der Waals surface area contributed by atoms with E-state index in [1.807, 2.05) is 4.90 Å². The summed E-state index contributed by atoms with van der Waals surface area (Å²) in [5.74, 6) is -3.13. The quantitative estimate of drug-likeness (QED) is 0.745. The Morgan fingerprint density at radius 1 is 1.53 bits per heavy atom. The zero-order valence-corrected chi connectivity index (χ0v) is 8.64. The van der Waals surface area contributed by atoms with Crippen LogP contribution in [0.25, 0.3) is 0 Å². The Bertz CT molecular complexity index is 258. The van der Waals surface area contributed by atoms with E-state index in [1.54, 1.807) is 0 Å². The summed E-state index contributed by atoms with van der Waals surface area (Å²) >= 11 is 0. The number of nitrogens with zero attached hydrogens (tertiary/aromatic N) is 1. The summed E-state index contributed by atoms with van der Waals surface area (Å²) < 4.78 is 26.7. The molecule has 2 aliphatic rings. The molecule has 5 heteroatoms. The van der Waals surface area contributed by atoms with Crippen LogP contribution < -0.4 is 5.32 Å². The van der Waals surface area contributed by atoms with E-state index in [0.717, 1.165) is 0 Å². The zero-order valence-electron chi connectivity index (χ0n) is 8.64. The van der Waals surface area contributed by atoms with Crippen molar-refractivity contribution >= 4 is 5.91 Å². The first-order valence-electron chi connectivity index (χ1n) is 5.45. The lowest BCUT2D eigenvalue weighted by Crippen LogP contribution is -2.50. The van der Waals surface area contributed by atoms with Crippen molar-refractivity contribution in [3.05, 3.63) is 0 Å². The number of carbonyl (C=O) groups is 1. The van der Waals surface area contributed by atoms with Gasteiger partial charge in [-0.1, -0.05) is 0 Å². The molecule has 2 fully saturated rings. The highest BCUT2D eigenvalue weighted by atomic mass is 19.3. The number of carbonyl (C=O) groups excluding carboxylic acids is 1. The SMILES string of the molecule is O=C1CN(C[C@@H]2CCCC2(F)F)CCN1. The van der Waals surface area contributed by atoms with E-state index in [2.05, 4.69) is 5.32 Å². The second-order valence-electron chi connectivity index (χ2n) is 4.44. The standard InChI is InChI=1S/C10H16F2N2O/c11-10(12)3-1-2-8(10)6-14-5-4-13-9(15)7-14/h8H,1-7H2,(H,13,15)/t8-/m0/s1. The molecule has 1 atom stereocenters. The van der Waals surface area contributed by atoms with Crippen molar-refractivity contribution in [2.24, 2.45) is 5.92 Å². The van der Waals surface area contributed by atoms with Crippen LogP contribution in [0.4, 0.5) is 8.78 Å². The topological polar surface area (TPSA) is 32.3 Å². The fourth-order valence-electron chi connectivity index (χ4n) is 2.38. The van der Waals surface area contributed by atoms with Crippen molar-refractivity contribution in [1.29, 1.82) is 0 Å². The predicted octanol–water partition coefficient (Wildman–Crippen LogP) is 0.854. The molecule has 0 aromatic heterocycles. The number of nitrogens with one attached hydrogen (secondary N) is 1. The average Bonchev–Trinajstić information content (AvgIpc) is 2.46. The van der Waals surface area contributed by atoms with E-state index in [4.69, 9.17) is 0 Å². The number of halogens is 2. The molecular weight excluding hydrogens is 202 g/mol. The van der Waals surface area contributed by atoms with Gasteiger partial charge in [0.2, 0.25) is 5.91 Å². The molecule has 1 aliphatic heterocycles. The fraction of sp³-hybridized carbons (Fsp3) is 0.900. The second-order valence-corrected chi connectivity index (χ2v) is 4.44. The van der Waals surface area contributed by atoms with Gasteiger partial charge in [0.1, 0.15) is 0 Å². The van der Waals surface area contributed by atoms with Gasteiger partial charge >= 0.3 is 0 Å². The lowest BCUT2D eigenvalue weighted by Gasteiger charge is -2.30. The minimum Gasteiger partial charge on any atom is -0.354 e. The number of rotatable bonds is 2. The van der Waals surface area contributed by atoms with Gasteiger partial charge in [-0.25, -0.2) is 8.78 Å². The van der Waals surface area contributed by atoms with Crippen molar-refractivity contribution in [2.45, 2.75) is 25.2 Å². The first kappa shape index (κ1) is 10.8. The van der Waals surface area contributed by atoms with Crippen molar-refractivity contribution in [2.75, 3.05) is 26.2 Å². The summed E-state index contributed by atoms with van der Waals surface area (Å²) in [5.41, 5.74) is 0. The van der Waals surface area contributed by atoms with E-state index in [0.29, 0.717) is 32.5 Å². The maximum absolute atomic E-state index is 13.3. The highest BCUT2D eigenvalue weighted by Crippen LogP contribution is 2.40. The van der Waals surface area contributed by atoms with Gasteiger partial charge in [0.25, 0.3) is 5.92 Å². The van der Waals surface area contributed by atoms with E-state index in [9.17, 15) is 13.6 Å². The third-order valence-corrected chi connectivity index (χ3v) is 3.26. The molecule has 0 aromatic rings. The predicted molar refractivity (Wildman–Crippen MR) is 51.7 cm³/mol. The summed E-state index contributed by atoms with van der Waals surface area (Å²) in [6.45, 7) is 1.91. The zero-order chi connectivity index (χ0) is 10.9. The third kappa shape index (κ3) is 2.45. The summed E-state index contributed by atoms with van der Waals surface area (Å²) in [4.78, 5) is 12.9. The number of amides is 1. The van der Waals surface area contributed by atoms with Crippen molar-refractivity contribution in [1.82, 2.24) is 10.2 Å². The van der Waals surface area contributed by atoms with Crippen LogP contribution in [-0.2, 0) is 4.79 Å². The average molecular weight is 218 g/mol. The lowest BCUT2D eigenvalue weighted by molar-refractivity contribution is -0.125. The van der Waals surface area contributed by atoms with Crippen LogP contribution >= 0.6 is 0 Å². The highest BCUT2D eigenvalue weighted by molar-refractivity contribution is 5.78. The van der Waals surface area contributed by atoms with Crippen LogP contribution in [0.3, 0.4) is 0 Å². The molecule has 2 rings (SSSR count). The Morgan fingerprint density at radius 2 is 2.33 bits per heavy atom. The Hall–Kier alpha value is -0.710. The van der Waals surface area contributed by atoms with Crippen LogP contribution in [0.5, 0.6) is 0 Å². The fourth-order valence-corrected chi connectivity index (χ4v) is 2.38. The molecule has 0 bridgehead atoms. The van der Waals surface area contributed by atoms with Gasteiger partial charge in [-0.05, 0) is 12.8 Å². The second kappa shape index (κ2) is 4.04. The molecule has 0 aromatic carbocycles. The Balaban J connectivity index is 1.88. The Kier molecular flexibility index (Phi) is 2.91. The highest BCUT2D eigenvalue weighted by Gasteiger charge is 2.44. The van der Waals surface area contributed by atoms with Gasteiger partial charge in [0.15, 0.2) is 0 Å². The molecular formula is C10H16F2N2O. The van der Waals surface area contributed by atoms with E-state index < -0.39 is 11.8 Å². The van der Waals surface area contributed by atoms with Gasteiger partial charge in [-0.3, -0.25) is 9.69 Å². The lowest BCUT2D eigenvalue weighted by atomic mass is 10.0. The molecule has 1 heterocycles. The molecule has 0 radical (unpaired) electrons. The van der Waals surface area contributed by atoms with Crippen LogP contribution in [0.15, 0.2) is 0 Å². The van der Waals surface area contributed by atoms with Gasteiger partial charge in [-0.2, -0.15) is 0 Å². The number of hydrogen-bond donors (Lipinski definition) is 1. The normalized spacial score (nSPS) is 31.6. The van der Waals surface area contributed by atoms with Crippen LogP contribution in [0.1, 0.15) is 19.3 Å². The van der Waals surface area contributed by atoms with Crippen LogP contribution in [0.2, 0.25) is 0 Å². The van der Waals surface area contributed by atoms with Gasteiger partial charge in [-0.15, -0.1) is 0 Å². The maximum Gasteiger partial charge on any atom is 0.252 e. The first-order chi connectivity index (χ1) is 7.08. The maximum atomic E-state index is 13.3. The smallest absolute Gasteiger partial charge is 0.252 e. The molecule has 1 saturated carbocycles. The molecule has 0 spiro atoms. The van der Waals surface area contributed by atoms with Crippen molar-refractivity contribution in [3.63, 3.8) is 0 Å².